The van der Waals surface area contributed by atoms with Gasteiger partial charge >= 0.3 is 12.1 Å². The van der Waals surface area contributed by atoms with Crippen LogP contribution in [-0.4, -0.2) is 50.0 Å². The second kappa shape index (κ2) is 11.3. The van der Waals surface area contributed by atoms with E-state index in [0.29, 0.717) is 11.3 Å². The van der Waals surface area contributed by atoms with Crippen LogP contribution in [0.4, 0.5) is 4.79 Å². The van der Waals surface area contributed by atoms with Gasteiger partial charge in [0.15, 0.2) is 12.6 Å². The molecular weight excluding hydrogens is 366 g/mol. The summed E-state index contributed by atoms with van der Waals surface area (Å²) in [5.41, 5.74) is -0.337. The number of carbonyl (C=O) groups excluding carboxylic acids is 3. The first-order chi connectivity index (χ1) is 13.2. The average molecular weight is 395 g/mol. The molecule has 1 amide bonds. The van der Waals surface area contributed by atoms with Crippen molar-refractivity contribution in [1.29, 1.82) is 0 Å². The minimum atomic E-state index is -0.995. The molecule has 156 valence electrons. The number of Topliss-reactive ketones (excluding diaryl/α,β-unsaturated/α-hetero) is 1. The minimum absolute atomic E-state index is 0.00658. The number of amides is 1. The minimum Gasteiger partial charge on any atom is -0.467 e. The predicted molar refractivity (Wildman–Crippen MR) is 102 cm³/mol. The fourth-order valence-electron chi connectivity index (χ4n) is 2.30. The Morgan fingerprint density at radius 3 is 2.43 bits per heavy atom. The highest BCUT2D eigenvalue weighted by atomic mass is 16.7. The van der Waals surface area contributed by atoms with Crippen LogP contribution in [-0.2, 0) is 19.0 Å². The van der Waals surface area contributed by atoms with Crippen molar-refractivity contribution < 1.29 is 33.3 Å². The molecule has 0 saturated heterocycles. The zero-order valence-electron chi connectivity index (χ0n) is 17.1. The van der Waals surface area contributed by atoms with Gasteiger partial charge in [-0.25, -0.2) is 9.59 Å². The first-order valence-electron chi connectivity index (χ1n) is 9.08. The van der Waals surface area contributed by atoms with E-state index in [-0.39, 0.29) is 32.0 Å². The van der Waals surface area contributed by atoms with Gasteiger partial charge in [0.2, 0.25) is 0 Å². The molecule has 1 N–H and O–H groups in total. The van der Waals surface area contributed by atoms with Crippen LogP contribution >= 0.6 is 0 Å². The van der Waals surface area contributed by atoms with Crippen LogP contribution in [0.25, 0.3) is 0 Å². The van der Waals surface area contributed by atoms with Gasteiger partial charge in [0, 0.05) is 13.5 Å². The van der Waals surface area contributed by atoms with E-state index in [4.69, 9.17) is 18.9 Å². The molecule has 0 aliphatic rings. The maximum atomic E-state index is 12.6. The van der Waals surface area contributed by atoms with Crippen molar-refractivity contribution in [2.45, 2.75) is 52.2 Å². The molecule has 0 bridgehead atoms. The molecule has 0 aromatic heterocycles. The molecule has 1 aromatic rings. The lowest BCUT2D eigenvalue weighted by Gasteiger charge is -2.22. The summed E-state index contributed by atoms with van der Waals surface area (Å²) in [5.74, 6) is -0.459. The summed E-state index contributed by atoms with van der Waals surface area (Å²) < 4.78 is 20.4. The Hall–Kier alpha value is -2.61. The summed E-state index contributed by atoms with van der Waals surface area (Å²) in [7, 11) is 1.48. The molecule has 8 nitrogen and oxygen atoms in total. The lowest BCUT2D eigenvalue weighted by Crippen LogP contribution is -2.44. The third-order valence-electron chi connectivity index (χ3n) is 3.44. The van der Waals surface area contributed by atoms with Crippen LogP contribution in [0.2, 0.25) is 0 Å². The van der Waals surface area contributed by atoms with Crippen LogP contribution in [0.5, 0.6) is 5.75 Å². The number of hydrogen-bond donors (Lipinski definition) is 1. The molecule has 1 aromatic carbocycles. The SMILES string of the molecule is CCOC(=O)[C@H](CCC(=O)c1ccccc1OCOC)NC(=O)OC(C)(C)C. The highest BCUT2D eigenvalue weighted by Gasteiger charge is 2.26. The number of alkyl carbamates (subject to hydrolysis) is 1. The lowest BCUT2D eigenvalue weighted by atomic mass is 10.0. The van der Waals surface area contributed by atoms with Gasteiger partial charge in [0.1, 0.15) is 17.4 Å². The molecule has 0 fully saturated rings. The molecular formula is C20H29NO7. The lowest BCUT2D eigenvalue weighted by molar-refractivity contribution is -0.145. The number of rotatable bonds is 10. The summed E-state index contributed by atoms with van der Waals surface area (Å²) in [6.07, 6.45) is -0.677. The predicted octanol–water partition coefficient (Wildman–Crippen LogP) is 3.09. The largest absolute Gasteiger partial charge is 0.467 e. The Kier molecular flexibility index (Phi) is 9.44. The van der Waals surface area contributed by atoms with Crippen molar-refractivity contribution in [2.24, 2.45) is 0 Å². The van der Waals surface area contributed by atoms with E-state index in [1.54, 1.807) is 52.0 Å². The van der Waals surface area contributed by atoms with Gasteiger partial charge in [0.25, 0.3) is 0 Å². The van der Waals surface area contributed by atoms with E-state index < -0.39 is 23.7 Å². The Balaban J connectivity index is 2.80. The molecule has 1 atom stereocenters. The zero-order chi connectivity index (χ0) is 21.2. The quantitative estimate of drug-likeness (QED) is 0.369. The number of benzene rings is 1. The average Bonchev–Trinajstić information content (AvgIpc) is 2.62. The van der Waals surface area contributed by atoms with Crippen LogP contribution in [0.3, 0.4) is 0 Å². The van der Waals surface area contributed by atoms with Crippen molar-refractivity contribution in [1.82, 2.24) is 5.32 Å². The Morgan fingerprint density at radius 1 is 1.14 bits per heavy atom. The van der Waals surface area contributed by atoms with Crippen LogP contribution in [0.15, 0.2) is 24.3 Å². The van der Waals surface area contributed by atoms with E-state index in [1.165, 1.54) is 7.11 Å². The number of ether oxygens (including phenoxy) is 4. The van der Waals surface area contributed by atoms with Gasteiger partial charge in [-0.05, 0) is 46.2 Å². The first kappa shape index (κ1) is 23.4. The molecule has 0 spiro atoms. The molecule has 0 saturated carbocycles. The van der Waals surface area contributed by atoms with Gasteiger partial charge in [-0.15, -0.1) is 0 Å². The Morgan fingerprint density at radius 2 is 1.82 bits per heavy atom. The summed E-state index contributed by atoms with van der Waals surface area (Å²) >= 11 is 0. The van der Waals surface area contributed by atoms with Gasteiger partial charge < -0.3 is 24.3 Å². The highest BCUT2D eigenvalue weighted by Crippen LogP contribution is 2.21. The van der Waals surface area contributed by atoms with Gasteiger partial charge in [-0.2, -0.15) is 0 Å². The van der Waals surface area contributed by atoms with Gasteiger partial charge in [-0.1, -0.05) is 12.1 Å². The molecule has 0 unspecified atom stereocenters. The topological polar surface area (TPSA) is 100 Å². The third-order valence-corrected chi connectivity index (χ3v) is 3.44. The van der Waals surface area contributed by atoms with Crippen molar-refractivity contribution in [3.8, 4) is 5.75 Å². The molecule has 1 rings (SSSR count). The number of methoxy groups -OCH3 is 1. The molecule has 0 aliphatic heterocycles. The third kappa shape index (κ3) is 8.39. The fourth-order valence-corrected chi connectivity index (χ4v) is 2.30. The van der Waals surface area contributed by atoms with Crippen molar-refractivity contribution in [3.05, 3.63) is 29.8 Å². The fraction of sp³-hybridized carbons (Fsp3) is 0.550. The summed E-state index contributed by atoms with van der Waals surface area (Å²) in [4.78, 5) is 36.8. The Labute approximate surface area is 165 Å². The number of hydrogen-bond acceptors (Lipinski definition) is 7. The zero-order valence-corrected chi connectivity index (χ0v) is 17.1. The molecule has 0 radical (unpaired) electrons. The second-order valence-corrected chi connectivity index (χ2v) is 6.96. The number of nitrogens with one attached hydrogen (secondary N) is 1. The normalized spacial score (nSPS) is 12.0. The van der Waals surface area contributed by atoms with E-state index in [2.05, 4.69) is 5.32 Å². The summed E-state index contributed by atoms with van der Waals surface area (Å²) in [5, 5.41) is 2.47. The first-order valence-corrected chi connectivity index (χ1v) is 9.08. The molecule has 0 heterocycles. The van der Waals surface area contributed by atoms with E-state index >= 15 is 0 Å². The number of ketones is 1. The maximum Gasteiger partial charge on any atom is 0.408 e. The molecule has 0 aliphatic carbocycles. The molecule has 8 heteroatoms. The maximum absolute atomic E-state index is 12.6. The standard InChI is InChI=1S/C20H29NO7/c1-6-26-18(23)15(21-19(24)28-20(2,3)4)11-12-16(22)14-9-7-8-10-17(14)27-13-25-5/h7-10,15H,6,11-13H2,1-5H3,(H,21,24)/t15-/m0/s1. The highest BCUT2D eigenvalue weighted by molar-refractivity contribution is 5.99. The molecule has 28 heavy (non-hydrogen) atoms. The number of para-hydroxylation sites is 1. The van der Waals surface area contributed by atoms with E-state index in [9.17, 15) is 14.4 Å². The van der Waals surface area contributed by atoms with Crippen molar-refractivity contribution in [3.63, 3.8) is 0 Å². The Bertz CT molecular complexity index is 667. The summed E-state index contributed by atoms with van der Waals surface area (Å²) in [6.45, 7) is 6.98. The van der Waals surface area contributed by atoms with Gasteiger partial charge in [0.05, 0.1) is 12.2 Å². The number of carbonyl (C=O) groups is 3. The van der Waals surface area contributed by atoms with Crippen LogP contribution in [0, 0.1) is 0 Å². The van der Waals surface area contributed by atoms with Crippen LogP contribution < -0.4 is 10.1 Å². The van der Waals surface area contributed by atoms with Crippen molar-refractivity contribution >= 4 is 17.8 Å². The van der Waals surface area contributed by atoms with E-state index in [0.717, 1.165) is 0 Å². The second-order valence-electron chi connectivity index (χ2n) is 6.96. The van der Waals surface area contributed by atoms with Gasteiger partial charge in [-0.3, -0.25) is 4.79 Å². The number of esters is 1. The van der Waals surface area contributed by atoms with Crippen molar-refractivity contribution in [2.75, 3.05) is 20.5 Å². The monoisotopic (exact) mass is 395 g/mol. The van der Waals surface area contributed by atoms with E-state index in [1.807, 2.05) is 0 Å². The smallest absolute Gasteiger partial charge is 0.408 e. The van der Waals surface area contributed by atoms with Crippen LogP contribution in [0.1, 0.15) is 50.9 Å². The summed E-state index contributed by atoms with van der Waals surface area (Å²) in [6, 6.07) is 5.76.